The number of amidine groups is 1. The summed E-state index contributed by atoms with van der Waals surface area (Å²) in [5.41, 5.74) is 2.67. The number of carbonyl (C=O) groups is 1. The van der Waals surface area contributed by atoms with Crippen LogP contribution in [0, 0.1) is 3.57 Å². The molecule has 0 saturated carbocycles. The smallest absolute Gasteiger partial charge is 0.339 e. The van der Waals surface area contributed by atoms with Crippen molar-refractivity contribution in [3.05, 3.63) is 127 Å². The van der Waals surface area contributed by atoms with E-state index in [1.807, 2.05) is 83.3 Å². The molecule has 1 saturated heterocycles. The lowest BCUT2D eigenvalue weighted by atomic mass is 10.1. The van der Waals surface area contributed by atoms with Crippen LogP contribution in [0.1, 0.15) is 16.7 Å². The van der Waals surface area contributed by atoms with E-state index in [2.05, 4.69) is 0 Å². The number of halogens is 2. The molecule has 214 valence electrons. The summed E-state index contributed by atoms with van der Waals surface area (Å²) in [4.78, 5) is 20.5. The molecule has 42 heavy (non-hydrogen) atoms. The first-order chi connectivity index (χ1) is 20.2. The average Bonchev–Trinajstić information content (AvgIpc) is 3.27. The SMILES string of the molecule is COc1cc(/C=C2/SC(=NCc3ccccc3)N(Cc3ccccc3)C2=O)cc(I)c1OS(=O)(=O)c1ccc(Cl)cc1. The average molecular weight is 731 g/mol. The molecule has 1 amide bonds. The van der Waals surface area contributed by atoms with Gasteiger partial charge in [-0.1, -0.05) is 72.3 Å². The highest BCUT2D eigenvalue weighted by molar-refractivity contribution is 14.1. The third-order valence-corrected chi connectivity index (χ3v) is 9.49. The van der Waals surface area contributed by atoms with E-state index in [1.165, 1.54) is 43.1 Å². The van der Waals surface area contributed by atoms with Crippen molar-refractivity contribution < 1.29 is 22.1 Å². The molecule has 0 unspecified atom stereocenters. The molecule has 0 N–H and O–H groups in total. The van der Waals surface area contributed by atoms with E-state index in [0.717, 1.165) is 11.1 Å². The van der Waals surface area contributed by atoms with Gasteiger partial charge in [0.25, 0.3) is 5.91 Å². The zero-order chi connectivity index (χ0) is 29.7. The Morgan fingerprint density at radius 3 is 2.24 bits per heavy atom. The number of benzene rings is 4. The van der Waals surface area contributed by atoms with Crippen LogP contribution in [0.2, 0.25) is 5.02 Å². The summed E-state index contributed by atoms with van der Waals surface area (Å²) < 4.78 is 37.3. The Balaban J connectivity index is 1.45. The maximum Gasteiger partial charge on any atom is 0.339 e. The van der Waals surface area contributed by atoms with Gasteiger partial charge in [-0.15, -0.1) is 0 Å². The lowest BCUT2D eigenvalue weighted by Crippen LogP contribution is -2.28. The minimum atomic E-state index is -4.14. The lowest BCUT2D eigenvalue weighted by Gasteiger charge is -2.16. The first kappa shape index (κ1) is 30.1. The third kappa shape index (κ3) is 7.17. The molecule has 0 atom stereocenters. The lowest BCUT2D eigenvalue weighted by molar-refractivity contribution is -0.122. The summed E-state index contributed by atoms with van der Waals surface area (Å²) in [6.07, 6.45) is 1.75. The molecule has 0 radical (unpaired) electrons. The molecule has 4 aromatic rings. The molecule has 1 aliphatic heterocycles. The fourth-order valence-electron chi connectivity index (χ4n) is 4.09. The van der Waals surface area contributed by atoms with Crippen molar-refractivity contribution in [3.8, 4) is 11.5 Å². The largest absolute Gasteiger partial charge is 0.493 e. The summed E-state index contributed by atoms with van der Waals surface area (Å²) in [6, 6.07) is 28.7. The highest BCUT2D eigenvalue weighted by Gasteiger charge is 2.33. The van der Waals surface area contributed by atoms with Crippen LogP contribution in [0.15, 0.2) is 112 Å². The number of nitrogens with zero attached hydrogens (tertiary/aromatic N) is 2. The maximum absolute atomic E-state index is 13.6. The predicted octanol–water partition coefficient (Wildman–Crippen LogP) is 7.39. The summed E-state index contributed by atoms with van der Waals surface area (Å²) in [7, 11) is -2.72. The molecule has 4 aromatic carbocycles. The van der Waals surface area contributed by atoms with Gasteiger partial charge in [-0.05, 0) is 93.5 Å². The zero-order valence-corrected chi connectivity index (χ0v) is 26.8. The molecule has 11 heteroatoms. The van der Waals surface area contributed by atoms with Crippen LogP contribution in [0.3, 0.4) is 0 Å². The highest BCUT2D eigenvalue weighted by atomic mass is 127. The maximum atomic E-state index is 13.6. The standard InChI is InChI=1S/C31H24ClIN2O5S2/c1-39-27-17-23(16-26(33)29(27)40-42(37,38)25-14-12-24(32)13-15-25)18-28-30(36)35(20-22-10-6-3-7-11-22)31(41-28)34-19-21-8-4-2-5-9-21/h2-18H,19-20H2,1H3/b28-18+,34-31?. The second kappa shape index (κ2) is 13.3. The van der Waals surface area contributed by atoms with Crippen LogP contribution in [-0.4, -0.2) is 31.5 Å². The second-order valence-corrected chi connectivity index (χ2v) is 13.3. The van der Waals surface area contributed by atoms with E-state index >= 15 is 0 Å². The van der Waals surface area contributed by atoms with E-state index in [0.29, 0.717) is 37.3 Å². The summed E-state index contributed by atoms with van der Waals surface area (Å²) in [6.45, 7) is 0.822. The number of rotatable bonds is 9. The number of ether oxygens (including phenoxy) is 1. The molecule has 0 spiro atoms. The topological polar surface area (TPSA) is 85.3 Å². The molecule has 7 nitrogen and oxygen atoms in total. The number of hydrogen-bond acceptors (Lipinski definition) is 7. The Hall–Kier alpha value is -3.32. The van der Waals surface area contributed by atoms with Gasteiger partial charge in [0, 0.05) is 5.02 Å². The van der Waals surface area contributed by atoms with E-state index < -0.39 is 10.1 Å². The molecule has 1 heterocycles. The van der Waals surface area contributed by atoms with Gasteiger partial charge in [0.1, 0.15) is 4.90 Å². The van der Waals surface area contributed by atoms with Gasteiger partial charge in [0.15, 0.2) is 16.7 Å². The first-order valence-corrected chi connectivity index (χ1v) is 16.3. The second-order valence-electron chi connectivity index (χ2n) is 9.10. The number of carbonyl (C=O) groups excluding carboxylic acids is 1. The van der Waals surface area contributed by atoms with Crippen LogP contribution in [0.25, 0.3) is 6.08 Å². The van der Waals surface area contributed by atoms with E-state index in [-0.39, 0.29) is 22.3 Å². The van der Waals surface area contributed by atoms with Crippen LogP contribution in [0.4, 0.5) is 0 Å². The number of methoxy groups -OCH3 is 1. The van der Waals surface area contributed by atoms with Gasteiger partial charge < -0.3 is 8.92 Å². The van der Waals surface area contributed by atoms with Crippen LogP contribution < -0.4 is 8.92 Å². The van der Waals surface area contributed by atoms with Gasteiger partial charge in [0.05, 0.1) is 28.7 Å². The van der Waals surface area contributed by atoms with Crippen molar-refractivity contribution in [1.29, 1.82) is 0 Å². The van der Waals surface area contributed by atoms with Crippen molar-refractivity contribution in [2.45, 2.75) is 18.0 Å². The van der Waals surface area contributed by atoms with Crippen molar-refractivity contribution in [3.63, 3.8) is 0 Å². The molecule has 0 aromatic heterocycles. The molecule has 1 aliphatic rings. The van der Waals surface area contributed by atoms with Crippen LogP contribution in [0.5, 0.6) is 11.5 Å². The predicted molar refractivity (Wildman–Crippen MR) is 175 cm³/mol. The van der Waals surface area contributed by atoms with Gasteiger partial charge in [-0.25, -0.2) is 0 Å². The van der Waals surface area contributed by atoms with Crippen molar-refractivity contribution in [2.24, 2.45) is 4.99 Å². The number of amides is 1. The van der Waals surface area contributed by atoms with Crippen molar-refractivity contribution in [1.82, 2.24) is 4.90 Å². The van der Waals surface area contributed by atoms with E-state index in [1.54, 1.807) is 23.1 Å². The molecular weight excluding hydrogens is 707 g/mol. The number of thioether (sulfide) groups is 1. The normalized spacial score (nSPS) is 15.4. The number of aliphatic imine (C=N–C) groups is 1. The van der Waals surface area contributed by atoms with Crippen LogP contribution in [-0.2, 0) is 28.0 Å². The van der Waals surface area contributed by atoms with Gasteiger partial charge in [-0.3, -0.25) is 14.7 Å². The van der Waals surface area contributed by atoms with Crippen molar-refractivity contribution in [2.75, 3.05) is 7.11 Å². The van der Waals surface area contributed by atoms with Gasteiger partial charge in [0.2, 0.25) is 0 Å². The fraction of sp³-hybridized carbons (Fsp3) is 0.0968. The summed E-state index contributed by atoms with van der Waals surface area (Å²) in [5, 5.41) is 1.02. The van der Waals surface area contributed by atoms with E-state index in [9.17, 15) is 13.2 Å². The molecule has 0 aliphatic carbocycles. The fourth-order valence-corrected chi connectivity index (χ4v) is 7.03. The zero-order valence-electron chi connectivity index (χ0n) is 22.2. The highest BCUT2D eigenvalue weighted by Crippen LogP contribution is 2.39. The Morgan fingerprint density at radius 2 is 1.60 bits per heavy atom. The third-order valence-electron chi connectivity index (χ3n) is 6.16. The monoisotopic (exact) mass is 730 g/mol. The van der Waals surface area contributed by atoms with Crippen molar-refractivity contribution >= 4 is 73.2 Å². The first-order valence-electron chi connectivity index (χ1n) is 12.6. The summed E-state index contributed by atoms with van der Waals surface area (Å²) in [5.74, 6) is 0.0903. The summed E-state index contributed by atoms with van der Waals surface area (Å²) >= 11 is 9.19. The van der Waals surface area contributed by atoms with Gasteiger partial charge >= 0.3 is 10.1 Å². The molecule has 0 bridgehead atoms. The Labute approximate surface area is 267 Å². The quantitative estimate of drug-likeness (QED) is 0.102. The van der Waals surface area contributed by atoms with Crippen LogP contribution >= 0.6 is 46.0 Å². The Morgan fingerprint density at radius 1 is 0.952 bits per heavy atom. The Kier molecular flexibility index (Phi) is 9.57. The minimum Gasteiger partial charge on any atom is -0.493 e. The molecular formula is C31H24ClIN2O5S2. The molecule has 5 rings (SSSR count). The minimum absolute atomic E-state index is 0.0373. The number of hydrogen-bond donors (Lipinski definition) is 0. The molecule has 1 fully saturated rings. The van der Waals surface area contributed by atoms with Gasteiger partial charge in [-0.2, -0.15) is 8.42 Å². The Bertz CT molecular complexity index is 1760. The van der Waals surface area contributed by atoms with E-state index in [4.69, 9.17) is 25.5 Å².